The summed E-state index contributed by atoms with van der Waals surface area (Å²) >= 11 is 0. The topological polar surface area (TPSA) is 72.2 Å². The summed E-state index contributed by atoms with van der Waals surface area (Å²) in [7, 11) is -3.38. The first kappa shape index (κ1) is 15.8. The highest BCUT2D eigenvalue weighted by Crippen LogP contribution is 2.45. The highest BCUT2D eigenvalue weighted by molar-refractivity contribution is 7.92. The van der Waals surface area contributed by atoms with Gasteiger partial charge in [-0.25, -0.2) is 8.42 Å². The lowest BCUT2D eigenvalue weighted by Crippen LogP contribution is -2.57. The predicted molar refractivity (Wildman–Crippen MR) is 94.3 cm³/mol. The molecule has 4 nitrogen and oxygen atoms in total. The zero-order valence-electron chi connectivity index (χ0n) is 13.4. The minimum absolute atomic E-state index is 0.0461. The van der Waals surface area contributed by atoms with E-state index in [9.17, 15) is 8.42 Å². The third-order valence-corrected chi connectivity index (χ3v) is 7.82. The molecule has 0 aliphatic carbocycles. The van der Waals surface area contributed by atoms with Crippen LogP contribution in [-0.4, -0.2) is 25.8 Å². The van der Waals surface area contributed by atoms with Crippen LogP contribution < -0.4 is 11.1 Å². The summed E-state index contributed by atoms with van der Waals surface area (Å²) in [5, 5.41) is 3.16. The van der Waals surface area contributed by atoms with Crippen LogP contribution >= 0.6 is 0 Å². The third kappa shape index (κ3) is 2.31. The highest BCUT2D eigenvalue weighted by atomic mass is 32.2. The van der Waals surface area contributed by atoms with Crippen molar-refractivity contribution in [2.24, 2.45) is 5.73 Å². The molecule has 24 heavy (non-hydrogen) atoms. The lowest BCUT2D eigenvalue weighted by atomic mass is 9.79. The number of piperidine rings is 1. The van der Waals surface area contributed by atoms with Crippen LogP contribution in [0.3, 0.4) is 0 Å². The molecule has 2 bridgehead atoms. The van der Waals surface area contributed by atoms with E-state index in [1.54, 1.807) is 24.3 Å². The number of hydrogen-bond acceptors (Lipinski definition) is 4. The van der Waals surface area contributed by atoms with Gasteiger partial charge in [-0.15, -0.1) is 0 Å². The quantitative estimate of drug-likeness (QED) is 0.897. The number of nitrogens with two attached hydrogens (primary N) is 1. The summed E-state index contributed by atoms with van der Waals surface area (Å²) in [6, 6.07) is 18.7. The lowest BCUT2D eigenvalue weighted by molar-refractivity contribution is 0.238. The molecule has 0 unspecified atom stereocenters. The Morgan fingerprint density at radius 1 is 0.958 bits per heavy atom. The SMILES string of the molecule is N[C@@H]1CC[C@@H]2N[C@@]1(c1ccccc1)C[C@H]2S(=O)(=O)c1ccccc1. The fraction of sp³-hybridized carbons (Fsp3) is 0.368. The van der Waals surface area contributed by atoms with Crippen LogP contribution in [-0.2, 0) is 15.4 Å². The molecular formula is C19H22N2O2S. The highest BCUT2D eigenvalue weighted by Gasteiger charge is 2.56. The molecule has 2 aliphatic rings. The molecule has 2 aliphatic heterocycles. The van der Waals surface area contributed by atoms with E-state index in [4.69, 9.17) is 5.73 Å². The molecule has 0 aromatic heterocycles. The zero-order valence-corrected chi connectivity index (χ0v) is 14.2. The van der Waals surface area contributed by atoms with Crippen molar-refractivity contribution < 1.29 is 8.42 Å². The summed E-state index contributed by atoms with van der Waals surface area (Å²) in [6.07, 6.45) is 2.17. The molecule has 126 valence electrons. The van der Waals surface area contributed by atoms with Crippen molar-refractivity contribution in [3.05, 3.63) is 66.2 Å². The van der Waals surface area contributed by atoms with Crippen LogP contribution in [0.2, 0.25) is 0 Å². The van der Waals surface area contributed by atoms with Gasteiger partial charge in [0.25, 0.3) is 0 Å². The van der Waals surface area contributed by atoms with Gasteiger partial charge in [0.15, 0.2) is 9.84 Å². The molecule has 4 atom stereocenters. The molecule has 2 fully saturated rings. The molecule has 0 spiro atoms. The van der Waals surface area contributed by atoms with E-state index < -0.39 is 20.6 Å². The van der Waals surface area contributed by atoms with Gasteiger partial charge in [-0.1, -0.05) is 48.5 Å². The minimum Gasteiger partial charge on any atom is -0.326 e. The first-order valence-corrected chi connectivity index (χ1v) is 9.96. The van der Waals surface area contributed by atoms with E-state index in [1.807, 2.05) is 36.4 Å². The van der Waals surface area contributed by atoms with Crippen LogP contribution in [0.1, 0.15) is 24.8 Å². The van der Waals surface area contributed by atoms with Crippen LogP contribution in [0, 0.1) is 0 Å². The largest absolute Gasteiger partial charge is 0.326 e. The van der Waals surface area contributed by atoms with Crippen molar-refractivity contribution in [1.29, 1.82) is 0 Å². The van der Waals surface area contributed by atoms with Gasteiger partial charge in [0, 0.05) is 12.1 Å². The number of fused-ring (bicyclic) bond motifs is 2. The molecule has 0 amide bonds. The Labute approximate surface area is 143 Å². The van der Waals surface area contributed by atoms with Crippen molar-refractivity contribution in [1.82, 2.24) is 5.32 Å². The molecule has 2 saturated heterocycles. The molecule has 4 rings (SSSR count). The predicted octanol–water partition coefficient (Wildman–Crippen LogP) is 2.21. The Balaban J connectivity index is 1.76. The Morgan fingerprint density at radius 3 is 2.25 bits per heavy atom. The maximum atomic E-state index is 13.2. The molecule has 0 saturated carbocycles. The Morgan fingerprint density at radius 2 is 1.58 bits per heavy atom. The number of sulfone groups is 1. The van der Waals surface area contributed by atoms with Gasteiger partial charge in [-0.3, -0.25) is 0 Å². The van der Waals surface area contributed by atoms with Crippen LogP contribution in [0.4, 0.5) is 0 Å². The fourth-order valence-electron chi connectivity index (χ4n) is 4.33. The third-order valence-electron chi connectivity index (χ3n) is 5.60. The first-order chi connectivity index (χ1) is 11.5. The van der Waals surface area contributed by atoms with Crippen LogP contribution in [0.15, 0.2) is 65.6 Å². The number of benzene rings is 2. The average Bonchev–Trinajstić information content (AvgIpc) is 2.97. The first-order valence-electron chi connectivity index (χ1n) is 8.42. The number of hydrogen-bond donors (Lipinski definition) is 2. The Bertz CT molecular complexity index is 823. The van der Waals surface area contributed by atoms with Gasteiger partial charge >= 0.3 is 0 Å². The second-order valence-electron chi connectivity index (χ2n) is 6.87. The molecule has 5 heteroatoms. The second kappa shape index (κ2) is 5.69. The monoisotopic (exact) mass is 342 g/mol. The van der Waals surface area contributed by atoms with E-state index in [2.05, 4.69) is 5.32 Å². The van der Waals surface area contributed by atoms with Crippen molar-refractivity contribution in [3.8, 4) is 0 Å². The van der Waals surface area contributed by atoms with E-state index in [0.717, 1.165) is 18.4 Å². The molecule has 2 aromatic carbocycles. The number of nitrogens with one attached hydrogen (secondary N) is 1. The molecule has 3 N–H and O–H groups in total. The summed E-state index contributed by atoms with van der Waals surface area (Å²) in [5.74, 6) is 0. The second-order valence-corrected chi connectivity index (χ2v) is 9.04. The van der Waals surface area contributed by atoms with E-state index in [-0.39, 0.29) is 12.1 Å². The zero-order chi connectivity index (χ0) is 16.8. The van der Waals surface area contributed by atoms with Gasteiger partial charge in [-0.2, -0.15) is 0 Å². The van der Waals surface area contributed by atoms with Gasteiger partial charge in [-0.05, 0) is 37.0 Å². The normalized spacial score (nSPS) is 32.6. The fourth-order valence-corrected chi connectivity index (χ4v) is 6.33. The molecule has 2 heterocycles. The maximum absolute atomic E-state index is 13.2. The van der Waals surface area contributed by atoms with Crippen molar-refractivity contribution in [3.63, 3.8) is 0 Å². The summed E-state index contributed by atoms with van der Waals surface area (Å²) < 4.78 is 26.4. The van der Waals surface area contributed by atoms with Crippen molar-refractivity contribution >= 4 is 9.84 Å². The minimum atomic E-state index is -3.38. The van der Waals surface area contributed by atoms with Crippen molar-refractivity contribution in [2.45, 2.75) is 47.0 Å². The van der Waals surface area contributed by atoms with Gasteiger partial charge in [0.05, 0.1) is 15.7 Å². The van der Waals surface area contributed by atoms with Crippen molar-refractivity contribution in [2.75, 3.05) is 0 Å². The summed E-state index contributed by atoms with van der Waals surface area (Å²) in [5.41, 5.74) is 7.11. The molecule has 2 aromatic rings. The molecule has 0 radical (unpaired) electrons. The summed E-state index contributed by atoms with van der Waals surface area (Å²) in [4.78, 5) is 0.404. The average molecular weight is 342 g/mol. The Hall–Kier alpha value is -1.69. The maximum Gasteiger partial charge on any atom is 0.182 e. The van der Waals surface area contributed by atoms with E-state index in [1.165, 1.54) is 0 Å². The van der Waals surface area contributed by atoms with Gasteiger partial charge < -0.3 is 11.1 Å². The number of rotatable bonds is 3. The van der Waals surface area contributed by atoms with E-state index >= 15 is 0 Å². The lowest BCUT2D eigenvalue weighted by Gasteiger charge is -2.40. The Kier molecular flexibility index (Phi) is 3.75. The van der Waals surface area contributed by atoms with Gasteiger partial charge in [0.2, 0.25) is 0 Å². The van der Waals surface area contributed by atoms with Crippen LogP contribution in [0.5, 0.6) is 0 Å². The molecular weight excluding hydrogens is 320 g/mol. The van der Waals surface area contributed by atoms with Crippen LogP contribution in [0.25, 0.3) is 0 Å². The van der Waals surface area contributed by atoms with Gasteiger partial charge in [0.1, 0.15) is 0 Å². The van der Waals surface area contributed by atoms with E-state index in [0.29, 0.717) is 11.3 Å². The smallest absolute Gasteiger partial charge is 0.182 e. The summed E-state index contributed by atoms with van der Waals surface area (Å²) in [6.45, 7) is 0. The standard InChI is InChI=1S/C19H22N2O2S/c20-18-12-11-16-17(24(22,23)15-9-5-2-6-10-15)13-19(18,21-16)14-7-3-1-4-8-14/h1-10,16-18,21H,11-13,20H2/t16-,17+,18+,19+/m0/s1.